The highest BCUT2D eigenvalue weighted by molar-refractivity contribution is 5.83. The van der Waals surface area contributed by atoms with Gasteiger partial charge in [0.2, 0.25) is 5.95 Å². The molecule has 5 heterocycles. The number of rotatable bonds is 4. The predicted octanol–water partition coefficient (Wildman–Crippen LogP) is 3.32. The Morgan fingerprint density at radius 1 is 1.12 bits per heavy atom. The number of aromatic nitrogens is 5. The van der Waals surface area contributed by atoms with Crippen LogP contribution in [-0.2, 0) is 4.74 Å². The van der Waals surface area contributed by atoms with Crippen molar-refractivity contribution in [2.75, 3.05) is 30.1 Å². The Hall–Kier alpha value is -3.99. The zero-order valence-corrected chi connectivity index (χ0v) is 17.5. The van der Waals surface area contributed by atoms with Gasteiger partial charge in [-0.2, -0.15) is 9.97 Å². The predicted molar refractivity (Wildman–Crippen MR) is 119 cm³/mol. The van der Waals surface area contributed by atoms with Gasteiger partial charge in [0.25, 0.3) is 5.88 Å². The highest BCUT2D eigenvalue weighted by Gasteiger charge is 2.28. The molecule has 0 amide bonds. The quantitative estimate of drug-likeness (QED) is 0.488. The lowest BCUT2D eigenvalue weighted by Gasteiger charge is -2.23. The number of benzene rings is 1. The van der Waals surface area contributed by atoms with E-state index >= 15 is 0 Å². The van der Waals surface area contributed by atoms with Gasteiger partial charge in [-0.05, 0) is 43.2 Å². The summed E-state index contributed by atoms with van der Waals surface area (Å²) in [7, 11) is 0. The van der Waals surface area contributed by atoms with E-state index < -0.39 is 0 Å². The van der Waals surface area contributed by atoms with Crippen molar-refractivity contribution in [3.8, 4) is 11.6 Å². The van der Waals surface area contributed by atoms with Crippen LogP contribution in [0.4, 0.5) is 21.7 Å². The molecule has 0 radical (unpaired) electrons. The van der Waals surface area contributed by atoms with Crippen LogP contribution in [0.3, 0.4) is 0 Å². The Morgan fingerprint density at radius 2 is 1.94 bits per heavy atom. The van der Waals surface area contributed by atoms with Crippen LogP contribution >= 0.6 is 0 Å². The number of nitrogens with zero attached hydrogens (tertiary/aromatic N) is 5. The third kappa shape index (κ3) is 3.46. The highest BCUT2D eigenvalue weighted by atomic mass is 19.1. The second-order valence-corrected chi connectivity index (χ2v) is 7.88. The first-order valence-corrected chi connectivity index (χ1v) is 10.7. The van der Waals surface area contributed by atoms with E-state index in [0.29, 0.717) is 61.3 Å². The number of aromatic amines is 1. The second kappa shape index (κ2) is 7.85. The van der Waals surface area contributed by atoms with Crippen molar-refractivity contribution in [2.24, 2.45) is 0 Å². The van der Waals surface area contributed by atoms with Gasteiger partial charge < -0.3 is 14.8 Å². The highest BCUT2D eigenvalue weighted by Crippen LogP contribution is 2.38. The zero-order chi connectivity index (χ0) is 22.4. The molecule has 168 valence electrons. The van der Waals surface area contributed by atoms with E-state index in [2.05, 4.69) is 20.3 Å². The number of fused-ring (bicyclic) bond motifs is 2. The summed E-state index contributed by atoms with van der Waals surface area (Å²) in [6, 6.07) is 7.83. The monoisotopic (exact) mass is 449 g/mol. The smallest absolute Gasteiger partial charge is 0.328 e. The Labute approximate surface area is 187 Å². The maximum Gasteiger partial charge on any atom is 0.328 e. The third-order valence-corrected chi connectivity index (χ3v) is 5.86. The van der Waals surface area contributed by atoms with Crippen molar-refractivity contribution in [2.45, 2.75) is 18.9 Å². The minimum Gasteiger partial charge on any atom is -0.437 e. The molecule has 10 nitrogen and oxygen atoms in total. The van der Waals surface area contributed by atoms with Gasteiger partial charge >= 0.3 is 5.69 Å². The van der Waals surface area contributed by atoms with Gasteiger partial charge in [-0.25, -0.2) is 9.18 Å². The van der Waals surface area contributed by atoms with E-state index in [1.54, 1.807) is 40.1 Å². The van der Waals surface area contributed by atoms with Crippen LogP contribution in [0.5, 0.6) is 11.6 Å². The minimum atomic E-state index is -0.363. The zero-order valence-electron chi connectivity index (χ0n) is 17.5. The fraction of sp³-hybridized carbons (Fsp3) is 0.273. The van der Waals surface area contributed by atoms with E-state index in [-0.39, 0.29) is 23.4 Å². The fourth-order valence-corrected chi connectivity index (χ4v) is 4.27. The van der Waals surface area contributed by atoms with Gasteiger partial charge in [0.05, 0.1) is 18.0 Å². The molecule has 1 fully saturated rings. The van der Waals surface area contributed by atoms with Crippen molar-refractivity contribution in [3.63, 3.8) is 0 Å². The first kappa shape index (κ1) is 19.7. The summed E-state index contributed by atoms with van der Waals surface area (Å²) >= 11 is 0. The molecule has 4 aromatic rings. The topological polar surface area (TPSA) is 110 Å². The number of hydrogen-bond acceptors (Lipinski definition) is 8. The minimum absolute atomic E-state index is 0.0574. The molecule has 1 saturated heterocycles. The van der Waals surface area contributed by atoms with Gasteiger partial charge in [0, 0.05) is 31.6 Å². The summed E-state index contributed by atoms with van der Waals surface area (Å²) in [6.45, 7) is 1.50. The van der Waals surface area contributed by atoms with Gasteiger partial charge in [0.1, 0.15) is 17.1 Å². The lowest BCUT2D eigenvalue weighted by molar-refractivity contribution is 0.0697. The number of hydrogen-bond donors (Lipinski definition) is 2. The lowest BCUT2D eigenvalue weighted by atomic mass is 10.1. The molecule has 2 aliphatic heterocycles. The molecular formula is C22H20FN7O3. The average molecular weight is 449 g/mol. The number of H-pyrrole nitrogens is 1. The molecule has 0 spiro atoms. The third-order valence-electron chi connectivity index (χ3n) is 5.86. The Bertz CT molecular complexity index is 1380. The van der Waals surface area contributed by atoms with Crippen molar-refractivity contribution in [1.29, 1.82) is 0 Å². The SMILES string of the molecule is O=c1[nH]c2c(Oc3ccncc3)nc(N3CNc4ccc(F)cc43)nc2n1C1CCOCC1. The summed E-state index contributed by atoms with van der Waals surface area (Å²) in [6.07, 6.45) is 4.61. The van der Waals surface area contributed by atoms with Crippen molar-refractivity contribution >= 4 is 28.5 Å². The molecule has 1 aromatic carbocycles. The Balaban J connectivity index is 1.53. The lowest BCUT2D eigenvalue weighted by Crippen LogP contribution is -2.28. The Morgan fingerprint density at radius 3 is 2.76 bits per heavy atom. The van der Waals surface area contributed by atoms with E-state index in [1.807, 2.05) is 0 Å². The maximum absolute atomic E-state index is 14.0. The normalized spacial score (nSPS) is 16.1. The molecule has 3 aromatic heterocycles. The molecule has 0 atom stereocenters. The van der Waals surface area contributed by atoms with Crippen LogP contribution in [0.25, 0.3) is 11.2 Å². The molecule has 0 bridgehead atoms. The van der Waals surface area contributed by atoms with Crippen molar-refractivity contribution in [1.82, 2.24) is 24.5 Å². The van der Waals surface area contributed by atoms with Crippen LogP contribution < -0.4 is 20.6 Å². The Kier molecular flexibility index (Phi) is 4.68. The molecule has 0 aliphatic carbocycles. The maximum atomic E-state index is 14.0. The second-order valence-electron chi connectivity index (χ2n) is 7.88. The number of anilines is 3. The van der Waals surface area contributed by atoms with Crippen LogP contribution in [-0.4, -0.2) is 44.4 Å². The summed E-state index contributed by atoms with van der Waals surface area (Å²) in [5, 5.41) is 3.21. The average Bonchev–Trinajstić information content (AvgIpc) is 3.40. The number of halogens is 1. The molecule has 0 unspecified atom stereocenters. The van der Waals surface area contributed by atoms with Gasteiger partial charge in [-0.15, -0.1) is 0 Å². The van der Waals surface area contributed by atoms with Crippen molar-refractivity contribution < 1.29 is 13.9 Å². The largest absolute Gasteiger partial charge is 0.437 e. The standard InChI is InChI=1S/C22H20FN7O3/c23-13-1-2-16-17(11-13)29(12-25-16)21-27-19-18(20(28-21)33-15-3-7-24-8-4-15)26-22(31)30(19)14-5-9-32-10-6-14/h1-4,7-8,11,14,25H,5-6,9-10,12H2,(H,26,31). The number of nitrogens with one attached hydrogen (secondary N) is 2. The summed E-state index contributed by atoms with van der Waals surface area (Å²) in [5.74, 6) is 0.649. The number of imidazole rings is 1. The van der Waals surface area contributed by atoms with Crippen LogP contribution in [0.2, 0.25) is 0 Å². The molecular weight excluding hydrogens is 429 g/mol. The first-order valence-electron chi connectivity index (χ1n) is 10.7. The van der Waals surface area contributed by atoms with Gasteiger partial charge in [0.15, 0.2) is 5.65 Å². The molecule has 2 N–H and O–H groups in total. The van der Waals surface area contributed by atoms with Crippen molar-refractivity contribution in [3.05, 3.63) is 59.0 Å². The van der Waals surface area contributed by atoms with Crippen LogP contribution in [0.15, 0.2) is 47.5 Å². The van der Waals surface area contributed by atoms with E-state index in [4.69, 9.17) is 14.5 Å². The summed E-state index contributed by atoms with van der Waals surface area (Å²) < 4.78 is 27.1. The molecule has 6 rings (SSSR count). The molecule has 0 saturated carbocycles. The van der Waals surface area contributed by atoms with Crippen LogP contribution in [0, 0.1) is 5.82 Å². The van der Waals surface area contributed by atoms with E-state index in [1.165, 1.54) is 12.1 Å². The van der Waals surface area contributed by atoms with E-state index in [9.17, 15) is 9.18 Å². The summed E-state index contributed by atoms with van der Waals surface area (Å²) in [5.41, 5.74) is 1.94. The first-order chi connectivity index (χ1) is 16.2. The molecule has 11 heteroatoms. The van der Waals surface area contributed by atoms with Gasteiger partial charge in [-0.1, -0.05) is 0 Å². The fourth-order valence-electron chi connectivity index (χ4n) is 4.27. The number of pyridine rings is 1. The van der Waals surface area contributed by atoms with E-state index in [0.717, 1.165) is 5.69 Å². The number of ether oxygens (including phenoxy) is 2. The van der Waals surface area contributed by atoms with Crippen LogP contribution in [0.1, 0.15) is 18.9 Å². The van der Waals surface area contributed by atoms with Gasteiger partial charge in [-0.3, -0.25) is 19.4 Å². The summed E-state index contributed by atoms with van der Waals surface area (Å²) in [4.78, 5) is 30.9. The molecule has 33 heavy (non-hydrogen) atoms. The molecule has 2 aliphatic rings.